The lowest BCUT2D eigenvalue weighted by Gasteiger charge is -2.22. The number of ether oxygens (including phenoxy) is 1. The number of hydrogen-bond donors (Lipinski definition) is 1. The summed E-state index contributed by atoms with van der Waals surface area (Å²) >= 11 is 0. The SMILES string of the molecule is COc1cccc(-n2nccc2NC(C)(C)C)c1.Cl. The Morgan fingerprint density at radius 3 is 2.58 bits per heavy atom. The van der Waals surface area contributed by atoms with E-state index >= 15 is 0 Å². The maximum atomic E-state index is 5.23. The van der Waals surface area contributed by atoms with Gasteiger partial charge < -0.3 is 10.1 Å². The van der Waals surface area contributed by atoms with E-state index in [1.54, 1.807) is 13.3 Å². The first-order valence-corrected chi connectivity index (χ1v) is 5.96. The maximum Gasteiger partial charge on any atom is 0.130 e. The number of halogens is 1. The van der Waals surface area contributed by atoms with E-state index in [1.807, 2.05) is 35.0 Å². The zero-order valence-electron chi connectivity index (χ0n) is 11.7. The number of hydrogen-bond acceptors (Lipinski definition) is 3. The normalized spacial score (nSPS) is 10.7. The van der Waals surface area contributed by atoms with Gasteiger partial charge in [0.1, 0.15) is 11.6 Å². The quantitative estimate of drug-likeness (QED) is 0.936. The molecule has 0 spiro atoms. The van der Waals surface area contributed by atoms with Gasteiger partial charge >= 0.3 is 0 Å². The van der Waals surface area contributed by atoms with Crippen LogP contribution in [0.5, 0.6) is 5.75 Å². The predicted octanol–water partition coefficient (Wildman–Crippen LogP) is 3.51. The minimum atomic E-state index is -0.00332. The van der Waals surface area contributed by atoms with Gasteiger partial charge in [0.25, 0.3) is 0 Å². The van der Waals surface area contributed by atoms with Crippen LogP contribution in [0.4, 0.5) is 5.82 Å². The molecular formula is C14H20ClN3O. The number of rotatable bonds is 3. The molecule has 0 amide bonds. The Hall–Kier alpha value is -1.68. The second-order valence-electron chi connectivity index (χ2n) is 5.20. The van der Waals surface area contributed by atoms with Gasteiger partial charge in [-0.15, -0.1) is 12.4 Å². The number of nitrogens with zero attached hydrogens (tertiary/aromatic N) is 2. The zero-order valence-corrected chi connectivity index (χ0v) is 12.5. The summed E-state index contributed by atoms with van der Waals surface area (Å²) in [5, 5.41) is 7.77. The van der Waals surface area contributed by atoms with Gasteiger partial charge in [-0.2, -0.15) is 5.10 Å². The average Bonchev–Trinajstić information content (AvgIpc) is 2.75. The van der Waals surface area contributed by atoms with Crippen LogP contribution in [-0.2, 0) is 0 Å². The highest BCUT2D eigenvalue weighted by Crippen LogP contribution is 2.21. The highest BCUT2D eigenvalue weighted by molar-refractivity contribution is 5.85. The fraction of sp³-hybridized carbons (Fsp3) is 0.357. The molecule has 2 rings (SSSR count). The molecule has 1 N–H and O–H groups in total. The highest BCUT2D eigenvalue weighted by Gasteiger charge is 2.13. The van der Waals surface area contributed by atoms with E-state index in [0.717, 1.165) is 17.3 Å². The molecule has 5 heteroatoms. The first-order chi connectivity index (χ1) is 8.49. The van der Waals surface area contributed by atoms with E-state index in [-0.39, 0.29) is 17.9 Å². The maximum absolute atomic E-state index is 5.23. The Balaban J connectivity index is 0.00000180. The first-order valence-electron chi connectivity index (χ1n) is 5.96. The summed E-state index contributed by atoms with van der Waals surface area (Å²) in [6, 6.07) is 9.80. The second-order valence-corrected chi connectivity index (χ2v) is 5.20. The topological polar surface area (TPSA) is 39.1 Å². The van der Waals surface area contributed by atoms with Crippen LogP contribution in [0.1, 0.15) is 20.8 Å². The Morgan fingerprint density at radius 2 is 1.95 bits per heavy atom. The monoisotopic (exact) mass is 281 g/mol. The smallest absolute Gasteiger partial charge is 0.130 e. The summed E-state index contributed by atoms with van der Waals surface area (Å²) in [7, 11) is 1.66. The molecule has 4 nitrogen and oxygen atoms in total. The van der Waals surface area contributed by atoms with E-state index < -0.39 is 0 Å². The van der Waals surface area contributed by atoms with Gasteiger partial charge in [-0.05, 0) is 32.9 Å². The fourth-order valence-corrected chi connectivity index (χ4v) is 1.73. The first kappa shape index (κ1) is 15.4. The number of aromatic nitrogens is 2. The van der Waals surface area contributed by atoms with E-state index in [1.165, 1.54) is 0 Å². The molecule has 0 saturated heterocycles. The third-order valence-electron chi connectivity index (χ3n) is 2.44. The van der Waals surface area contributed by atoms with Gasteiger partial charge in [0, 0.05) is 17.7 Å². The van der Waals surface area contributed by atoms with Crippen molar-refractivity contribution >= 4 is 18.2 Å². The molecule has 0 atom stereocenters. The van der Waals surface area contributed by atoms with Crippen LogP contribution in [0.25, 0.3) is 5.69 Å². The zero-order chi connectivity index (χ0) is 13.2. The molecule has 2 aromatic rings. The summed E-state index contributed by atoms with van der Waals surface area (Å²) < 4.78 is 7.10. The number of benzene rings is 1. The van der Waals surface area contributed by atoms with Crippen molar-refractivity contribution in [3.8, 4) is 11.4 Å². The van der Waals surface area contributed by atoms with Gasteiger partial charge in [-0.3, -0.25) is 0 Å². The standard InChI is InChI=1S/C14H19N3O.ClH/c1-14(2,3)16-13-8-9-15-17(13)11-6-5-7-12(10-11)18-4;/h5-10,16H,1-4H3;1H. The third-order valence-corrected chi connectivity index (χ3v) is 2.44. The molecule has 0 aliphatic carbocycles. The molecule has 1 aromatic heterocycles. The molecule has 0 bridgehead atoms. The Morgan fingerprint density at radius 1 is 1.21 bits per heavy atom. The van der Waals surface area contributed by atoms with Gasteiger partial charge in [-0.1, -0.05) is 6.07 Å². The molecule has 0 aliphatic rings. The molecule has 1 aromatic carbocycles. The van der Waals surface area contributed by atoms with E-state index in [4.69, 9.17) is 4.74 Å². The molecule has 0 fully saturated rings. The van der Waals surface area contributed by atoms with Crippen LogP contribution >= 0.6 is 12.4 Å². The van der Waals surface area contributed by atoms with Gasteiger partial charge in [0.05, 0.1) is 19.0 Å². The van der Waals surface area contributed by atoms with Crippen LogP contribution in [0.15, 0.2) is 36.5 Å². The number of methoxy groups -OCH3 is 1. The van der Waals surface area contributed by atoms with Crippen molar-refractivity contribution in [3.63, 3.8) is 0 Å². The molecule has 1 heterocycles. The summed E-state index contributed by atoms with van der Waals surface area (Å²) in [6.45, 7) is 6.36. The minimum absolute atomic E-state index is 0. The summed E-state index contributed by atoms with van der Waals surface area (Å²) in [5.74, 6) is 1.79. The molecule has 0 aliphatic heterocycles. The third kappa shape index (κ3) is 3.89. The second kappa shape index (κ2) is 5.97. The van der Waals surface area contributed by atoms with Crippen molar-refractivity contribution in [3.05, 3.63) is 36.5 Å². The largest absolute Gasteiger partial charge is 0.497 e. The highest BCUT2D eigenvalue weighted by atomic mass is 35.5. The lowest BCUT2D eigenvalue weighted by molar-refractivity contribution is 0.414. The Labute approximate surface area is 120 Å². The number of nitrogens with one attached hydrogen (secondary N) is 1. The fourth-order valence-electron chi connectivity index (χ4n) is 1.73. The Bertz CT molecular complexity index is 531. The minimum Gasteiger partial charge on any atom is -0.497 e. The lowest BCUT2D eigenvalue weighted by Crippen LogP contribution is -2.27. The van der Waals surface area contributed by atoms with Crippen molar-refractivity contribution in [2.24, 2.45) is 0 Å². The van der Waals surface area contributed by atoms with Gasteiger partial charge in [0.15, 0.2) is 0 Å². The van der Waals surface area contributed by atoms with E-state index in [2.05, 4.69) is 31.2 Å². The molecular weight excluding hydrogens is 262 g/mol. The number of anilines is 1. The van der Waals surface area contributed by atoms with Gasteiger partial charge in [-0.25, -0.2) is 4.68 Å². The van der Waals surface area contributed by atoms with Crippen LogP contribution in [0.3, 0.4) is 0 Å². The van der Waals surface area contributed by atoms with Crippen LogP contribution in [-0.4, -0.2) is 22.4 Å². The van der Waals surface area contributed by atoms with Crippen molar-refractivity contribution in [2.45, 2.75) is 26.3 Å². The summed E-state index contributed by atoms with van der Waals surface area (Å²) in [6.07, 6.45) is 1.79. The van der Waals surface area contributed by atoms with Gasteiger partial charge in [0.2, 0.25) is 0 Å². The average molecular weight is 282 g/mol. The molecule has 0 radical (unpaired) electrons. The molecule has 0 saturated carbocycles. The lowest BCUT2D eigenvalue weighted by atomic mass is 10.1. The van der Waals surface area contributed by atoms with Crippen molar-refractivity contribution in [1.29, 1.82) is 0 Å². The molecule has 104 valence electrons. The molecule has 0 unspecified atom stereocenters. The van der Waals surface area contributed by atoms with Crippen LogP contribution in [0, 0.1) is 0 Å². The van der Waals surface area contributed by atoms with Crippen molar-refractivity contribution in [1.82, 2.24) is 9.78 Å². The Kier molecular flexibility index (Phi) is 4.84. The van der Waals surface area contributed by atoms with E-state index in [9.17, 15) is 0 Å². The summed E-state index contributed by atoms with van der Waals surface area (Å²) in [5.41, 5.74) is 0.975. The van der Waals surface area contributed by atoms with E-state index in [0.29, 0.717) is 0 Å². The van der Waals surface area contributed by atoms with Crippen molar-refractivity contribution < 1.29 is 4.74 Å². The van der Waals surface area contributed by atoms with Crippen LogP contribution < -0.4 is 10.1 Å². The van der Waals surface area contributed by atoms with Crippen LogP contribution in [0.2, 0.25) is 0 Å². The summed E-state index contributed by atoms with van der Waals surface area (Å²) in [4.78, 5) is 0. The van der Waals surface area contributed by atoms with Crippen molar-refractivity contribution in [2.75, 3.05) is 12.4 Å². The molecule has 19 heavy (non-hydrogen) atoms. The predicted molar refractivity (Wildman–Crippen MR) is 80.7 cm³/mol.